The first-order chi connectivity index (χ1) is 6.66. The van der Waals surface area contributed by atoms with Crippen LogP contribution in [0.5, 0.6) is 5.75 Å². The zero-order valence-electron chi connectivity index (χ0n) is 8.32. The summed E-state index contributed by atoms with van der Waals surface area (Å²) in [6, 6.07) is 4.01. The second-order valence-corrected chi connectivity index (χ2v) is 3.22. The Morgan fingerprint density at radius 3 is 2.67 bits per heavy atom. The quantitative estimate of drug-likeness (QED) is 0.743. The molecule has 5 heteroatoms. The summed E-state index contributed by atoms with van der Waals surface area (Å²) in [6.07, 6.45) is 1.41. The molecular weight excluding hydrogens is 219 g/mol. The average Bonchev–Trinajstić information content (AvgIpc) is 2.18. The summed E-state index contributed by atoms with van der Waals surface area (Å²) in [7, 11) is 0. The van der Waals surface area contributed by atoms with Gasteiger partial charge in [0.1, 0.15) is 0 Å². The van der Waals surface area contributed by atoms with Crippen molar-refractivity contribution in [2.75, 3.05) is 6.54 Å². The highest BCUT2D eigenvalue weighted by molar-refractivity contribution is 5.85. The van der Waals surface area contributed by atoms with E-state index in [1.165, 1.54) is 12.1 Å². The molecule has 0 amide bonds. The maximum Gasteiger partial charge on any atom is 0.165 e. The Morgan fingerprint density at radius 2 is 2.07 bits per heavy atom. The highest BCUT2D eigenvalue weighted by Crippen LogP contribution is 2.27. The van der Waals surface area contributed by atoms with E-state index in [2.05, 4.69) is 0 Å². The minimum atomic E-state index is -0.634. The summed E-state index contributed by atoms with van der Waals surface area (Å²) in [5, 5.41) is 9.38. The van der Waals surface area contributed by atoms with Crippen LogP contribution in [-0.4, -0.2) is 11.7 Å². The van der Waals surface area contributed by atoms with Crippen LogP contribution in [-0.2, 0) is 0 Å². The minimum Gasteiger partial charge on any atom is -0.505 e. The predicted molar refractivity (Wildman–Crippen MR) is 60.5 cm³/mol. The molecule has 1 atom stereocenters. The molecule has 86 valence electrons. The molecule has 0 radical (unpaired) electrons. The van der Waals surface area contributed by atoms with E-state index in [-0.39, 0.29) is 24.2 Å². The van der Waals surface area contributed by atoms with E-state index < -0.39 is 5.82 Å². The fourth-order valence-electron chi connectivity index (χ4n) is 1.32. The Bertz CT molecular complexity index is 309. The first-order valence-electron chi connectivity index (χ1n) is 4.60. The van der Waals surface area contributed by atoms with Crippen LogP contribution in [0, 0.1) is 5.82 Å². The number of aromatic hydroxyl groups is 1. The van der Waals surface area contributed by atoms with Gasteiger partial charge in [-0.25, -0.2) is 4.39 Å². The van der Waals surface area contributed by atoms with Gasteiger partial charge in [-0.3, -0.25) is 0 Å². The highest BCUT2D eigenvalue weighted by Gasteiger charge is 2.12. The Morgan fingerprint density at radius 1 is 1.40 bits per heavy atom. The number of halogens is 2. The SMILES string of the molecule is Cl.NCCC[C@H](N)c1cccc(F)c1O. The summed E-state index contributed by atoms with van der Waals surface area (Å²) >= 11 is 0. The first kappa shape index (κ1) is 14.2. The maximum atomic E-state index is 12.9. The van der Waals surface area contributed by atoms with Gasteiger partial charge in [0.25, 0.3) is 0 Å². The fraction of sp³-hybridized carbons (Fsp3) is 0.400. The number of phenolic OH excluding ortho intramolecular Hbond substituents is 1. The number of benzene rings is 1. The van der Waals surface area contributed by atoms with Gasteiger partial charge in [0, 0.05) is 11.6 Å². The van der Waals surface area contributed by atoms with Gasteiger partial charge in [-0.1, -0.05) is 12.1 Å². The zero-order chi connectivity index (χ0) is 10.6. The molecule has 0 bridgehead atoms. The lowest BCUT2D eigenvalue weighted by Gasteiger charge is -2.13. The van der Waals surface area contributed by atoms with Gasteiger partial charge in [0.15, 0.2) is 11.6 Å². The van der Waals surface area contributed by atoms with Gasteiger partial charge in [-0.15, -0.1) is 12.4 Å². The molecule has 0 aliphatic carbocycles. The minimum absolute atomic E-state index is 0. The second-order valence-electron chi connectivity index (χ2n) is 3.22. The largest absolute Gasteiger partial charge is 0.505 e. The molecule has 1 rings (SSSR count). The number of rotatable bonds is 4. The fourth-order valence-corrected chi connectivity index (χ4v) is 1.32. The third-order valence-electron chi connectivity index (χ3n) is 2.14. The van der Waals surface area contributed by atoms with Crippen molar-refractivity contribution in [3.8, 4) is 5.75 Å². The zero-order valence-corrected chi connectivity index (χ0v) is 9.14. The van der Waals surface area contributed by atoms with Crippen LogP contribution in [0.2, 0.25) is 0 Å². The van der Waals surface area contributed by atoms with Gasteiger partial charge in [0.2, 0.25) is 0 Å². The van der Waals surface area contributed by atoms with Gasteiger partial charge >= 0.3 is 0 Å². The Balaban J connectivity index is 0.00000196. The normalized spacial score (nSPS) is 11.9. The third kappa shape index (κ3) is 3.66. The number of hydrogen-bond donors (Lipinski definition) is 3. The molecule has 0 heterocycles. The number of phenols is 1. The van der Waals surface area contributed by atoms with Crippen LogP contribution >= 0.6 is 12.4 Å². The summed E-state index contributed by atoms with van der Waals surface area (Å²) in [5.74, 6) is -0.984. The third-order valence-corrected chi connectivity index (χ3v) is 2.14. The Hall–Kier alpha value is -0.840. The maximum absolute atomic E-state index is 12.9. The summed E-state index contributed by atoms with van der Waals surface area (Å²) in [5.41, 5.74) is 11.5. The number of hydrogen-bond acceptors (Lipinski definition) is 3. The van der Waals surface area contributed by atoms with Crippen LogP contribution in [0.25, 0.3) is 0 Å². The van der Waals surface area contributed by atoms with E-state index >= 15 is 0 Å². The lowest BCUT2D eigenvalue weighted by atomic mass is 10.0. The van der Waals surface area contributed by atoms with Crippen molar-refractivity contribution >= 4 is 12.4 Å². The van der Waals surface area contributed by atoms with Gasteiger partial charge in [-0.05, 0) is 25.5 Å². The highest BCUT2D eigenvalue weighted by atomic mass is 35.5. The lowest BCUT2D eigenvalue weighted by molar-refractivity contribution is 0.418. The van der Waals surface area contributed by atoms with E-state index in [0.717, 1.165) is 6.42 Å². The standard InChI is InChI=1S/C10H15FN2O.ClH/c11-8-4-1-3-7(10(8)14)9(13)5-2-6-12;/h1,3-4,9,14H,2,5-6,12-13H2;1H/t9-;/m0./s1. The van der Waals surface area contributed by atoms with Crippen molar-refractivity contribution in [1.82, 2.24) is 0 Å². The first-order valence-corrected chi connectivity index (χ1v) is 4.60. The molecule has 0 unspecified atom stereocenters. The van der Waals surface area contributed by atoms with Crippen molar-refractivity contribution in [3.05, 3.63) is 29.6 Å². The van der Waals surface area contributed by atoms with Crippen molar-refractivity contribution in [1.29, 1.82) is 0 Å². The number of nitrogens with two attached hydrogens (primary N) is 2. The smallest absolute Gasteiger partial charge is 0.165 e. The molecule has 0 aliphatic rings. The Kier molecular flexibility index (Phi) is 6.24. The monoisotopic (exact) mass is 234 g/mol. The molecule has 0 aromatic heterocycles. The molecular formula is C10H16ClFN2O. The van der Waals surface area contributed by atoms with Crippen LogP contribution in [0.15, 0.2) is 18.2 Å². The molecule has 0 aliphatic heterocycles. The van der Waals surface area contributed by atoms with Gasteiger partial charge < -0.3 is 16.6 Å². The summed E-state index contributed by atoms with van der Waals surface area (Å²) in [6.45, 7) is 0.545. The van der Waals surface area contributed by atoms with E-state index in [0.29, 0.717) is 18.5 Å². The van der Waals surface area contributed by atoms with Crippen LogP contribution in [0.3, 0.4) is 0 Å². The topological polar surface area (TPSA) is 72.3 Å². The average molecular weight is 235 g/mol. The second kappa shape index (κ2) is 6.61. The Labute approximate surface area is 94.7 Å². The van der Waals surface area contributed by atoms with Crippen molar-refractivity contribution in [2.24, 2.45) is 11.5 Å². The van der Waals surface area contributed by atoms with Gasteiger partial charge in [-0.2, -0.15) is 0 Å². The van der Waals surface area contributed by atoms with Crippen molar-refractivity contribution in [3.63, 3.8) is 0 Å². The molecule has 5 N–H and O–H groups in total. The molecule has 0 fully saturated rings. The van der Waals surface area contributed by atoms with Gasteiger partial charge in [0.05, 0.1) is 0 Å². The summed E-state index contributed by atoms with van der Waals surface area (Å²) < 4.78 is 12.9. The molecule has 0 saturated carbocycles. The van der Waals surface area contributed by atoms with Crippen molar-refractivity contribution in [2.45, 2.75) is 18.9 Å². The van der Waals surface area contributed by atoms with Crippen LogP contribution < -0.4 is 11.5 Å². The molecule has 0 saturated heterocycles. The van der Waals surface area contributed by atoms with Crippen LogP contribution in [0.4, 0.5) is 4.39 Å². The molecule has 1 aromatic rings. The van der Waals surface area contributed by atoms with E-state index in [1.54, 1.807) is 6.07 Å². The van der Waals surface area contributed by atoms with Crippen molar-refractivity contribution < 1.29 is 9.50 Å². The van der Waals surface area contributed by atoms with E-state index in [4.69, 9.17) is 11.5 Å². The molecule has 1 aromatic carbocycles. The number of para-hydroxylation sites is 1. The lowest BCUT2D eigenvalue weighted by Crippen LogP contribution is -2.13. The van der Waals surface area contributed by atoms with E-state index in [1.807, 2.05) is 0 Å². The van der Waals surface area contributed by atoms with E-state index in [9.17, 15) is 9.50 Å². The summed E-state index contributed by atoms with van der Waals surface area (Å²) in [4.78, 5) is 0. The molecule has 0 spiro atoms. The molecule has 3 nitrogen and oxygen atoms in total. The molecule has 15 heavy (non-hydrogen) atoms. The van der Waals surface area contributed by atoms with Crippen LogP contribution in [0.1, 0.15) is 24.4 Å². The predicted octanol–water partition coefficient (Wildman–Crippen LogP) is 1.69.